The zero-order chi connectivity index (χ0) is 14.7. The second-order valence-electron chi connectivity index (χ2n) is 4.36. The average molecular weight is 312 g/mol. The smallest absolute Gasteiger partial charge is 0.211 e. The predicted molar refractivity (Wildman–Crippen MR) is 87.3 cm³/mol. The lowest BCUT2D eigenvalue weighted by Gasteiger charge is -2.09. The van der Waals surface area contributed by atoms with Gasteiger partial charge in [0, 0.05) is 15.2 Å². The number of hydrogen-bond donors (Lipinski definition) is 0. The maximum absolute atomic E-state index is 10.6. The van der Waals surface area contributed by atoms with Gasteiger partial charge in [-0.1, -0.05) is 53.7 Å². The van der Waals surface area contributed by atoms with Crippen molar-refractivity contribution in [2.75, 3.05) is 0 Å². The Morgan fingerprint density at radius 2 is 1.76 bits per heavy atom. The lowest BCUT2D eigenvalue weighted by Crippen LogP contribution is -1.81. The largest absolute Gasteiger partial charge is 0.240 e. The summed E-state index contributed by atoms with van der Waals surface area (Å²) in [6, 6.07) is 19.5. The minimum atomic E-state index is 0.544. The molecule has 0 amide bonds. The number of isocyanates is 1. The van der Waals surface area contributed by atoms with E-state index in [2.05, 4.69) is 17.1 Å². The molecule has 0 aliphatic carbocycles. The van der Waals surface area contributed by atoms with E-state index < -0.39 is 0 Å². The molecule has 3 aromatic carbocycles. The summed E-state index contributed by atoms with van der Waals surface area (Å²) in [7, 11) is 0. The number of fused-ring (bicyclic) bond motifs is 1. The van der Waals surface area contributed by atoms with Gasteiger partial charge in [0.15, 0.2) is 0 Å². The van der Waals surface area contributed by atoms with E-state index in [1.807, 2.05) is 36.4 Å². The van der Waals surface area contributed by atoms with Crippen LogP contribution in [-0.2, 0) is 4.79 Å². The molecule has 0 N–H and O–H groups in total. The molecule has 3 rings (SSSR count). The summed E-state index contributed by atoms with van der Waals surface area (Å²) >= 11 is 7.93. The summed E-state index contributed by atoms with van der Waals surface area (Å²) < 4.78 is 0. The molecule has 0 bridgehead atoms. The normalized spacial score (nSPS) is 10.3. The predicted octanol–water partition coefficient (Wildman–Crippen LogP) is 5.61. The summed E-state index contributed by atoms with van der Waals surface area (Å²) in [5.41, 5.74) is 0.544. The van der Waals surface area contributed by atoms with Crippen LogP contribution in [-0.4, -0.2) is 6.08 Å². The number of benzene rings is 3. The molecule has 0 heterocycles. The van der Waals surface area contributed by atoms with Crippen molar-refractivity contribution >= 4 is 45.9 Å². The third-order valence-corrected chi connectivity index (χ3v) is 4.46. The van der Waals surface area contributed by atoms with E-state index in [4.69, 9.17) is 11.6 Å². The first-order chi connectivity index (χ1) is 10.3. The van der Waals surface area contributed by atoms with Crippen LogP contribution >= 0.6 is 23.4 Å². The fourth-order valence-corrected chi connectivity index (χ4v) is 3.40. The lowest BCUT2D eigenvalue weighted by atomic mass is 10.1. The van der Waals surface area contributed by atoms with Crippen LogP contribution < -0.4 is 0 Å². The molecule has 102 valence electrons. The first-order valence-electron chi connectivity index (χ1n) is 6.31. The van der Waals surface area contributed by atoms with E-state index >= 15 is 0 Å². The molecule has 0 saturated heterocycles. The fraction of sp³-hybridized carbons (Fsp3) is 0. The van der Waals surface area contributed by atoms with Gasteiger partial charge in [0.1, 0.15) is 0 Å². The maximum Gasteiger partial charge on any atom is 0.240 e. The van der Waals surface area contributed by atoms with Gasteiger partial charge in [-0.15, -0.1) is 0 Å². The van der Waals surface area contributed by atoms with Crippen LogP contribution in [0.25, 0.3) is 10.8 Å². The van der Waals surface area contributed by atoms with Crippen molar-refractivity contribution in [3.8, 4) is 0 Å². The standard InChI is InChI=1S/C17H10ClNOS/c18-14-8-4-7-13-16(21-12-5-2-1-3-6-12)10-9-15(17(13)14)19-11-20/h1-10H. The Morgan fingerprint density at radius 1 is 0.952 bits per heavy atom. The van der Waals surface area contributed by atoms with Crippen molar-refractivity contribution in [2.45, 2.75) is 9.79 Å². The molecule has 3 aromatic rings. The van der Waals surface area contributed by atoms with Crippen molar-refractivity contribution in [3.05, 3.63) is 65.7 Å². The third kappa shape index (κ3) is 2.86. The average Bonchev–Trinajstić information content (AvgIpc) is 2.51. The molecule has 0 radical (unpaired) electrons. The SMILES string of the molecule is O=C=Nc1ccc(Sc2ccccc2)c2cccc(Cl)c12. The molecule has 21 heavy (non-hydrogen) atoms. The molecule has 0 atom stereocenters. The van der Waals surface area contributed by atoms with Crippen LogP contribution in [0.3, 0.4) is 0 Å². The molecular formula is C17H10ClNOS. The molecule has 0 fully saturated rings. The Bertz CT molecular complexity index is 842. The minimum absolute atomic E-state index is 0.544. The quantitative estimate of drug-likeness (QED) is 0.464. The van der Waals surface area contributed by atoms with E-state index in [9.17, 15) is 4.79 Å². The van der Waals surface area contributed by atoms with Crippen LogP contribution in [0.15, 0.2) is 75.4 Å². The molecule has 0 spiro atoms. The van der Waals surface area contributed by atoms with Crippen LogP contribution in [0.2, 0.25) is 5.02 Å². The highest BCUT2D eigenvalue weighted by molar-refractivity contribution is 7.99. The van der Waals surface area contributed by atoms with Gasteiger partial charge in [-0.3, -0.25) is 0 Å². The summed E-state index contributed by atoms with van der Waals surface area (Å²) in [6.07, 6.45) is 1.58. The molecule has 0 aliphatic rings. The Kier molecular flexibility index (Phi) is 4.07. The zero-order valence-corrected chi connectivity index (χ0v) is 12.5. The Balaban J connectivity index is 2.19. The number of carbonyl (C=O) groups excluding carboxylic acids is 1. The van der Waals surface area contributed by atoms with Crippen molar-refractivity contribution in [1.29, 1.82) is 0 Å². The highest BCUT2D eigenvalue weighted by Crippen LogP contribution is 2.40. The van der Waals surface area contributed by atoms with Crippen molar-refractivity contribution in [3.63, 3.8) is 0 Å². The maximum atomic E-state index is 10.6. The van der Waals surface area contributed by atoms with E-state index in [1.165, 1.54) is 0 Å². The molecule has 0 aromatic heterocycles. The Morgan fingerprint density at radius 3 is 2.52 bits per heavy atom. The van der Waals surface area contributed by atoms with Crippen LogP contribution in [0, 0.1) is 0 Å². The zero-order valence-electron chi connectivity index (χ0n) is 10.9. The number of halogens is 1. The number of rotatable bonds is 3. The molecular weight excluding hydrogens is 302 g/mol. The van der Waals surface area contributed by atoms with Crippen molar-refractivity contribution < 1.29 is 4.79 Å². The summed E-state index contributed by atoms with van der Waals surface area (Å²) in [6.45, 7) is 0. The minimum Gasteiger partial charge on any atom is -0.211 e. The van der Waals surface area contributed by atoms with Gasteiger partial charge in [-0.05, 0) is 35.7 Å². The van der Waals surface area contributed by atoms with Gasteiger partial charge in [0.2, 0.25) is 6.08 Å². The summed E-state index contributed by atoms with van der Waals surface area (Å²) in [5, 5.41) is 2.34. The Hall–Kier alpha value is -2.06. The third-order valence-electron chi connectivity index (χ3n) is 3.06. The molecule has 4 heteroatoms. The van der Waals surface area contributed by atoms with Gasteiger partial charge in [-0.25, -0.2) is 4.79 Å². The topological polar surface area (TPSA) is 29.4 Å². The van der Waals surface area contributed by atoms with Gasteiger partial charge >= 0.3 is 0 Å². The van der Waals surface area contributed by atoms with Gasteiger partial charge in [-0.2, -0.15) is 4.99 Å². The highest BCUT2D eigenvalue weighted by Gasteiger charge is 2.10. The molecule has 0 unspecified atom stereocenters. The summed E-state index contributed by atoms with van der Waals surface area (Å²) in [4.78, 5) is 16.5. The van der Waals surface area contributed by atoms with Gasteiger partial charge in [0.25, 0.3) is 0 Å². The fourth-order valence-electron chi connectivity index (χ4n) is 2.16. The highest BCUT2D eigenvalue weighted by atomic mass is 35.5. The van der Waals surface area contributed by atoms with E-state index in [-0.39, 0.29) is 0 Å². The van der Waals surface area contributed by atoms with E-state index in [0.717, 1.165) is 20.6 Å². The molecule has 0 aliphatic heterocycles. The monoisotopic (exact) mass is 311 g/mol. The number of hydrogen-bond acceptors (Lipinski definition) is 3. The Labute approximate surface area is 131 Å². The van der Waals surface area contributed by atoms with Gasteiger partial charge in [0.05, 0.1) is 10.7 Å². The first kappa shape index (κ1) is 13.9. The second kappa shape index (κ2) is 6.15. The first-order valence-corrected chi connectivity index (χ1v) is 7.51. The van der Waals surface area contributed by atoms with Crippen LogP contribution in [0.4, 0.5) is 5.69 Å². The van der Waals surface area contributed by atoms with Crippen molar-refractivity contribution in [1.82, 2.24) is 0 Å². The summed E-state index contributed by atoms with van der Waals surface area (Å²) in [5.74, 6) is 0. The van der Waals surface area contributed by atoms with Gasteiger partial charge < -0.3 is 0 Å². The second-order valence-corrected chi connectivity index (χ2v) is 5.89. The van der Waals surface area contributed by atoms with Crippen molar-refractivity contribution in [2.24, 2.45) is 4.99 Å². The number of aliphatic imine (C=N–C) groups is 1. The molecule has 0 saturated carbocycles. The molecule has 2 nitrogen and oxygen atoms in total. The van der Waals surface area contributed by atoms with E-state index in [0.29, 0.717) is 10.7 Å². The lowest BCUT2D eigenvalue weighted by molar-refractivity contribution is 0.565. The van der Waals surface area contributed by atoms with Crippen LogP contribution in [0.5, 0.6) is 0 Å². The van der Waals surface area contributed by atoms with E-state index in [1.54, 1.807) is 30.0 Å². The number of nitrogens with zero attached hydrogens (tertiary/aromatic N) is 1. The van der Waals surface area contributed by atoms with Crippen LogP contribution in [0.1, 0.15) is 0 Å².